The van der Waals surface area contributed by atoms with Gasteiger partial charge in [-0.3, -0.25) is 0 Å². The monoisotopic (exact) mass is 325 g/mol. The smallest absolute Gasteiger partial charge is 0.147 e. The van der Waals surface area contributed by atoms with E-state index in [9.17, 15) is 4.39 Å². The predicted octanol–water partition coefficient (Wildman–Crippen LogP) is 4.26. The van der Waals surface area contributed by atoms with Gasteiger partial charge in [-0.2, -0.15) is 11.8 Å². The summed E-state index contributed by atoms with van der Waals surface area (Å²) in [6, 6.07) is 3.54. The summed E-state index contributed by atoms with van der Waals surface area (Å²) in [4.78, 5) is 0. The van der Waals surface area contributed by atoms with E-state index in [2.05, 4.69) is 28.2 Å². The second-order valence-corrected chi connectivity index (χ2v) is 5.82. The Labute approximate surface area is 113 Å². The maximum Gasteiger partial charge on any atom is 0.147 e. The number of nitrogens with one attached hydrogen (secondary N) is 1. The Morgan fingerprint density at radius 3 is 2.81 bits per heavy atom. The fourth-order valence-electron chi connectivity index (χ4n) is 1.37. The van der Waals surface area contributed by atoms with Crippen LogP contribution >= 0.6 is 39.3 Å². The molecule has 0 amide bonds. The van der Waals surface area contributed by atoms with Crippen LogP contribution < -0.4 is 5.32 Å². The highest BCUT2D eigenvalue weighted by Crippen LogP contribution is 2.31. The Kier molecular flexibility index (Phi) is 6.11. The second-order valence-electron chi connectivity index (χ2n) is 3.27. The zero-order valence-electron chi connectivity index (χ0n) is 9.19. The number of halogens is 3. The first kappa shape index (κ1) is 14.3. The lowest BCUT2D eigenvalue weighted by atomic mass is 10.1. The first-order valence-corrected chi connectivity index (χ1v) is 7.32. The Bertz CT molecular complexity index is 362. The fraction of sp³-hybridized carbons (Fsp3) is 0.455. The van der Waals surface area contributed by atoms with Crippen LogP contribution in [0.5, 0.6) is 0 Å². The van der Waals surface area contributed by atoms with E-state index >= 15 is 0 Å². The molecule has 1 N–H and O–H groups in total. The first-order chi connectivity index (χ1) is 7.61. The average Bonchev–Trinajstić information content (AvgIpc) is 2.29. The summed E-state index contributed by atoms with van der Waals surface area (Å²) in [7, 11) is 1.83. The van der Waals surface area contributed by atoms with E-state index in [-0.39, 0.29) is 16.9 Å². The Hall–Kier alpha value is 0.230. The third-order valence-electron chi connectivity index (χ3n) is 2.28. The van der Waals surface area contributed by atoms with E-state index in [1.807, 2.05) is 7.05 Å². The van der Waals surface area contributed by atoms with Crippen molar-refractivity contribution in [2.75, 3.05) is 18.6 Å². The standard InChI is InChI=1S/C11H14BrClFNS/c1-3-16-6-9(15-2)7-4-5-8(12)10(13)11(7)14/h4-5,9,15H,3,6H2,1-2H3. The van der Waals surface area contributed by atoms with Crippen LogP contribution in [-0.4, -0.2) is 18.6 Å². The van der Waals surface area contributed by atoms with Crippen LogP contribution in [0.25, 0.3) is 0 Å². The summed E-state index contributed by atoms with van der Waals surface area (Å²) >= 11 is 10.8. The number of rotatable bonds is 5. The van der Waals surface area contributed by atoms with Crippen molar-refractivity contribution >= 4 is 39.3 Å². The van der Waals surface area contributed by atoms with Crippen LogP contribution in [0.4, 0.5) is 4.39 Å². The average molecular weight is 327 g/mol. The lowest BCUT2D eigenvalue weighted by Gasteiger charge is -2.17. The van der Waals surface area contributed by atoms with Gasteiger partial charge in [-0.1, -0.05) is 24.6 Å². The number of benzene rings is 1. The molecule has 0 saturated heterocycles. The highest BCUT2D eigenvalue weighted by molar-refractivity contribution is 9.10. The highest BCUT2D eigenvalue weighted by Gasteiger charge is 2.17. The maximum atomic E-state index is 13.9. The number of hydrogen-bond acceptors (Lipinski definition) is 2. The van der Waals surface area contributed by atoms with Crippen LogP contribution in [0.2, 0.25) is 5.02 Å². The summed E-state index contributed by atoms with van der Waals surface area (Å²) < 4.78 is 14.5. The first-order valence-electron chi connectivity index (χ1n) is 5.00. The molecule has 1 aromatic rings. The molecule has 1 atom stereocenters. The van der Waals surface area contributed by atoms with Crippen LogP contribution in [-0.2, 0) is 0 Å². The van der Waals surface area contributed by atoms with Crippen molar-refractivity contribution in [3.63, 3.8) is 0 Å². The second kappa shape index (κ2) is 6.84. The highest BCUT2D eigenvalue weighted by atomic mass is 79.9. The van der Waals surface area contributed by atoms with Gasteiger partial charge in [-0.25, -0.2) is 4.39 Å². The van der Waals surface area contributed by atoms with Crippen molar-refractivity contribution in [1.29, 1.82) is 0 Å². The van der Waals surface area contributed by atoms with E-state index in [0.29, 0.717) is 10.0 Å². The zero-order valence-corrected chi connectivity index (χ0v) is 12.3. The van der Waals surface area contributed by atoms with Gasteiger partial charge in [0.2, 0.25) is 0 Å². The largest absolute Gasteiger partial charge is 0.312 e. The molecule has 90 valence electrons. The fourth-order valence-corrected chi connectivity index (χ4v) is 2.67. The van der Waals surface area contributed by atoms with Crippen molar-refractivity contribution in [3.8, 4) is 0 Å². The van der Waals surface area contributed by atoms with Gasteiger partial charge in [0.15, 0.2) is 0 Å². The molecule has 0 saturated carbocycles. The molecule has 0 fully saturated rings. The van der Waals surface area contributed by atoms with Gasteiger partial charge in [0.05, 0.1) is 5.02 Å². The van der Waals surface area contributed by atoms with Gasteiger partial charge >= 0.3 is 0 Å². The topological polar surface area (TPSA) is 12.0 Å². The van der Waals surface area contributed by atoms with Gasteiger partial charge < -0.3 is 5.32 Å². The zero-order chi connectivity index (χ0) is 12.1. The quantitative estimate of drug-likeness (QED) is 0.812. The van der Waals surface area contributed by atoms with Crippen molar-refractivity contribution in [3.05, 3.63) is 33.0 Å². The molecule has 0 heterocycles. The van der Waals surface area contributed by atoms with Crippen LogP contribution in [0.1, 0.15) is 18.5 Å². The number of hydrogen-bond donors (Lipinski definition) is 1. The van der Waals surface area contributed by atoms with Gasteiger partial charge in [-0.15, -0.1) is 0 Å². The minimum Gasteiger partial charge on any atom is -0.312 e. The molecular weight excluding hydrogens is 313 g/mol. The van der Waals surface area contributed by atoms with Gasteiger partial charge in [0.1, 0.15) is 5.82 Å². The van der Waals surface area contributed by atoms with E-state index in [1.54, 1.807) is 23.9 Å². The number of thioether (sulfide) groups is 1. The molecule has 5 heteroatoms. The molecule has 1 unspecified atom stereocenters. The summed E-state index contributed by atoms with van der Waals surface area (Å²) in [6.45, 7) is 2.09. The van der Waals surface area contributed by atoms with Crippen molar-refractivity contribution in [2.45, 2.75) is 13.0 Å². The van der Waals surface area contributed by atoms with E-state index in [1.165, 1.54) is 0 Å². The summed E-state index contributed by atoms with van der Waals surface area (Å²) in [5.41, 5.74) is 0.622. The minimum atomic E-state index is -0.341. The third kappa shape index (κ3) is 3.36. The lowest BCUT2D eigenvalue weighted by Crippen LogP contribution is -2.20. The van der Waals surface area contributed by atoms with Crippen molar-refractivity contribution < 1.29 is 4.39 Å². The molecule has 0 aliphatic heterocycles. The Morgan fingerprint density at radius 1 is 1.56 bits per heavy atom. The predicted molar refractivity (Wildman–Crippen MR) is 73.9 cm³/mol. The molecule has 16 heavy (non-hydrogen) atoms. The van der Waals surface area contributed by atoms with Gasteiger partial charge in [0.25, 0.3) is 0 Å². The van der Waals surface area contributed by atoms with Crippen molar-refractivity contribution in [1.82, 2.24) is 5.32 Å². The molecule has 1 rings (SSSR count). The molecule has 1 aromatic carbocycles. The molecule has 0 aromatic heterocycles. The van der Waals surface area contributed by atoms with Gasteiger partial charge in [0, 0.05) is 21.8 Å². The Morgan fingerprint density at radius 2 is 2.25 bits per heavy atom. The van der Waals surface area contributed by atoms with E-state index in [0.717, 1.165) is 11.5 Å². The Balaban J connectivity index is 2.96. The molecule has 0 aliphatic rings. The molecule has 1 nitrogen and oxygen atoms in total. The van der Waals surface area contributed by atoms with Crippen LogP contribution in [0.15, 0.2) is 16.6 Å². The van der Waals surface area contributed by atoms with Crippen LogP contribution in [0.3, 0.4) is 0 Å². The molecule has 0 radical (unpaired) electrons. The van der Waals surface area contributed by atoms with Crippen molar-refractivity contribution in [2.24, 2.45) is 0 Å². The molecule has 0 spiro atoms. The molecule has 0 bridgehead atoms. The van der Waals surface area contributed by atoms with Gasteiger partial charge in [-0.05, 0) is 34.8 Å². The summed E-state index contributed by atoms with van der Waals surface area (Å²) in [5.74, 6) is 1.51. The van der Waals surface area contributed by atoms with E-state index in [4.69, 9.17) is 11.6 Å². The molecule has 0 aliphatic carbocycles. The normalized spacial score (nSPS) is 12.8. The SMILES string of the molecule is CCSCC(NC)c1ccc(Br)c(Cl)c1F. The van der Waals surface area contributed by atoms with E-state index < -0.39 is 0 Å². The summed E-state index contributed by atoms with van der Waals surface area (Å²) in [5, 5.41) is 3.26. The minimum absolute atomic E-state index is 0.00412. The lowest BCUT2D eigenvalue weighted by molar-refractivity contribution is 0.565. The molecular formula is C11H14BrClFNS. The van der Waals surface area contributed by atoms with Crippen LogP contribution in [0, 0.1) is 5.82 Å². The summed E-state index contributed by atoms with van der Waals surface area (Å²) in [6.07, 6.45) is 0. The maximum absolute atomic E-state index is 13.9. The third-order valence-corrected chi connectivity index (χ3v) is 4.51.